The summed E-state index contributed by atoms with van der Waals surface area (Å²) in [5, 5.41) is 2.69. The molecule has 1 unspecified atom stereocenters. The molecule has 1 heterocycles. The number of anilines is 1. The highest BCUT2D eigenvalue weighted by atomic mass is 32.2. The fourth-order valence-corrected chi connectivity index (χ4v) is 6.42. The van der Waals surface area contributed by atoms with Crippen molar-refractivity contribution in [1.29, 1.82) is 0 Å². The molecule has 33 heavy (non-hydrogen) atoms. The predicted molar refractivity (Wildman–Crippen MR) is 128 cm³/mol. The van der Waals surface area contributed by atoms with Crippen LogP contribution in [0.4, 0.5) is 5.69 Å². The molecular weight excluding hydrogens is 462 g/mol. The molecule has 1 aliphatic heterocycles. The first-order chi connectivity index (χ1) is 15.6. The average molecular weight is 494 g/mol. The summed E-state index contributed by atoms with van der Waals surface area (Å²) in [5.74, 6) is -0.158. The maximum atomic E-state index is 12.9. The molecule has 3 rings (SSSR count). The highest BCUT2D eigenvalue weighted by Crippen LogP contribution is 2.24. The van der Waals surface area contributed by atoms with E-state index in [1.807, 2.05) is 13.8 Å². The summed E-state index contributed by atoms with van der Waals surface area (Å²) in [6.07, 6.45) is 3.45. The van der Waals surface area contributed by atoms with Crippen molar-refractivity contribution in [3.8, 4) is 0 Å². The number of rotatable bonds is 9. The Morgan fingerprint density at radius 2 is 1.79 bits per heavy atom. The summed E-state index contributed by atoms with van der Waals surface area (Å²) in [6.45, 7) is 5.36. The molecule has 10 heteroatoms. The Balaban J connectivity index is 1.70. The fraction of sp³-hybridized carbons (Fsp3) is 0.435. The van der Waals surface area contributed by atoms with Gasteiger partial charge in [-0.25, -0.2) is 21.6 Å². The first-order valence-corrected chi connectivity index (χ1v) is 14.1. The van der Waals surface area contributed by atoms with Crippen molar-refractivity contribution in [3.05, 3.63) is 54.1 Å². The van der Waals surface area contributed by atoms with Gasteiger partial charge >= 0.3 is 0 Å². The van der Waals surface area contributed by atoms with E-state index in [0.29, 0.717) is 31.2 Å². The Bertz CT molecular complexity index is 1180. The average Bonchev–Trinajstić information content (AvgIpc) is 2.79. The summed E-state index contributed by atoms with van der Waals surface area (Å²) in [4.78, 5) is 12.9. The topological polar surface area (TPSA) is 113 Å². The van der Waals surface area contributed by atoms with Crippen LogP contribution in [-0.2, 0) is 20.0 Å². The van der Waals surface area contributed by atoms with Crippen molar-refractivity contribution < 1.29 is 21.6 Å². The molecule has 0 radical (unpaired) electrons. The number of nitrogens with zero attached hydrogens (tertiary/aromatic N) is 1. The van der Waals surface area contributed by atoms with Gasteiger partial charge < -0.3 is 5.32 Å². The molecule has 2 aromatic rings. The van der Waals surface area contributed by atoms with Gasteiger partial charge in [-0.05, 0) is 67.6 Å². The molecule has 1 atom stereocenters. The Kier molecular flexibility index (Phi) is 8.28. The third-order valence-electron chi connectivity index (χ3n) is 5.60. The van der Waals surface area contributed by atoms with E-state index in [9.17, 15) is 21.6 Å². The largest absolute Gasteiger partial charge is 0.322 e. The van der Waals surface area contributed by atoms with Crippen LogP contribution in [0.1, 0.15) is 49.9 Å². The molecule has 0 aromatic heterocycles. The van der Waals surface area contributed by atoms with Gasteiger partial charge in [0.2, 0.25) is 20.0 Å². The maximum absolute atomic E-state index is 12.9. The number of piperidine rings is 1. The van der Waals surface area contributed by atoms with Crippen molar-refractivity contribution in [2.45, 2.75) is 49.3 Å². The lowest BCUT2D eigenvalue weighted by atomic mass is 10.0. The van der Waals surface area contributed by atoms with E-state index in [1.165, 1.54) is 52.8 Å². The minimum atomic E-state index is -3.70. The number of benzene rings is 2. The molecule has 180 valence electrons. The molecule has 0 aliphatic carbocycles. The van der Waals surface area contributed by atoms with Crippen LogP contribution in [0.5, 0.6) is 0 Å². The minimum absolute atomic E-state index is 0.0171. The third-order valence-corrected chi connectivity index (χ3v) is 8.94. The van der Waals surface area contributed by atoms with Crippen LogP contribution >= 0.6 is 0 Å². The second kappa shape index (κ2) is 10.8. The summed E-state index contributed by atoms with van der Waals surface area (Å²) >= 11 is 0. The van der Waals surface area contributed by atoms with Gasteiger partial charge in [-0.15, -0.1) is 0 Å². The van der Waals surface area contributed by atoms with E-state index in [4.69, 9.17) is 0 Å². The lowest BCUT2D eigenvalue weighted by Crippen LogP contribution is -2.39. The molecule has 8 nitrogen and oxygen atoms in total. The van der Waals surface area contributed by atoms with Crippen LogP contribution < -0.4 is 10.0 Å². The molecule has 0 spiro atoms. The van der Waals surface area contributed by atoms with E-state index < -0.39 is 26.0 Å². The van der Waals surface area contributed by atoms with Crippen LogP contribution in [-0.4, -0.2) is 46.7 Å². The molecule has 0 bridgehead atoms. The first kappa shape index (κ1) is 25.4. The normalized spacial score (nSPS) is 17.6. The first-order valence-electron chi connectivity index (χ1n) is 11.1. The van der Waals surface area contributed by atoms with E-state index >= 15 is 0 Å². The van der Waals surface area contributed by atoms with Crippen molar-refractivity contribution in [3.63, 3.8) is 0 Å². The van der Waals surface area contributed by atoms with Crippen molar-refractivity contribution in [2.24, 2.45) is 5.92 Å². The van der Waals surface area contributed by atoms with Crippen LogP contribution in [0.2, 0.25) is 0 Å². The van der Waals surface area contributed by atoms with Crippen LogP contribution in [0.25, 0.3) is 0 Å². The van der Waals surface area contributed by atoms with Gasteiger partial charge in [-0.2, -0.15) is 4.31 Å². The number of carbonyl (C=O) groups is 1. The Labute approximate surface area is 196 Å². The van der Waals surface area contributed by atoms with Gasteiger partial charge in [0, 0.05) is 30.9 Å². The van der Waals surface area contributed by atoms with E-state index in [-0.39, 0.29) is 15.4 Å². The van der Waals surface area contributed by atoms with Crippen LogP contribution in [0.15, 0.2) is 58.3 Å². The Morgan fingerprint density at radius 1 is 1.06 bits per heavy atom. The van der Waals surface area contributed by atoms with Crippen LogP contribution in [0, 0.1) is 5.92 Å². The monoisotopic (exact) mass is 493 g/mol. The standard InChI is InChI=1S/C23H31N3O5S2/c1-3-4-14-24-32(28,29)22-9-5-8-19(16-22)23(27)25-20-10-12-21(13-11-20)33(30,31)26-15-6-7-18(2)17-26/h5,8-13,16,18,24H,3-4,6-7,14-15,17H2,1-2H3,(H,25,27). The van der Waals surface area contributed by atoms with E-state index in [0.717, 1.165) is 25.7 Å². The second-order valence-electron chi connectivity index (χ2n) is 8.37. The maximum Gasteiger partial charge on any atom is 0.255 e. The number of hydrogen-bond acceptors (Lipinski definition) is 5. The fourth-order valence-electron chi connectivity index (χ4n) is 3.70. The highest BCUT2D eigenvalue weighted by molar-refractivity contribution is 7.89. The van der Waals surface area contributed by atoms with Crippen molar-refractivity contribution >= 4 is 31.6 Å². The molecular formula is C23H31N3O5S2. The van der Waals surface area contributed by atoms with E-state index in [1.54, 1.807) is 0 Å². The van der Waals surface area contributed by atoms with E-state index in [2.05, 4.69) is 10.0 Å². The number of amides is 1. The molecule has 2 aromatic carbocycles. The predicted octanol–water partition coefficient (Wildman–Crippen LogP) is 3.44. The molecule has 0 saturated carbocycles. The minimum Gasteiger partial charge on any atom is -0.322 e. The zero-order valence-electron chi connectivity index (χ0n) is 19.0. The lowest BCUT2D eigenvalue weighted by molar-refractivity contribution is 0.102. The number of sulfonamides is 2. The van der Waals surface area contributed by atoms with Gasteiger partial charge in [0.05, 0.1) is 9.79 Å². The summed E-state index contributed by atoms with van der Waals surface area (Å²) in [7, 11) is -7.28. The smallest absolute Gasteiger partial charge is 0.255 e. The highest BCUT2D eigenvalue weighted by Gasteiger charge is 2.28. The molecule has 1 aliphatic rings. The van der Waals surface area contributed by atoms with Crippen molar-refractivity contribution in [1.82, 2.24) is 9.03 Å². The van der Waals surface area contributed by atoms with Crippen LogP contribution in [0.3, 0.4) is 0 Å². The molecule has 2 N–H and O–H groups in total. The molecule has 1 fully saturated rings. The SMILES string of the molecule is CCCCNS(=O)(=O)c1cccc(C(=O)Nc2ccc(S(=O)(=O)N3CCCC(C)C3)cc2)c1. The zero-order valence-corrected chi connectivity index (χ0v) is 20.6. The van der Waals surface area contributed by atoms with Gasteiger partial charge in [0.15, 0.2) is 0 Å². The Morgan fingerprint density at radius 3 is 2.45 bits per heavy atom. The van der Waals surface area contributed by atoms with Gasteiger partial charge in [-0.3, -0.25) is 4.79 Å². The number of nitrogens with one attached hydrogen (secondary N) is 2. The van der Waals surface area contributed by atoms with Crippen molar-refractivity contribution in [2.75, 3.05) is 25.0 Å². The molecule has 1 amide bonds. The summed E-state index contributed by atoms with van der Waals surface area (Å²) in [6, 6.07) is 11.8. The number of hydrogen-bond donors (Lipinski definition) is 2. The van der Waals surface area contributed by atoms with Gasteiger partial charge in [0.1, 0.15) is 0 Å². The summed E-state index contributed by atoms with van der Waals surface area (Å²) in [5.41, 5.74) is 0.604. The molecule has 1 saturated heterocycles. The second-order valence-corrected chi connectivity index (χ2v) is 12.1. The number of carbonyl (C=O) groups excluding carboxylic acids is 1. The van der Waals surface area contributed by atoms with Gasteiger partial charge in [0.25, 0.3) is 5.91 Å². The Hall–Kier alpha value is -2.27. The quantitative estimate of drug-likeness (QED) is 0.520. The third kappa shape index (κ3) is 6.41. The zero-order chi connectivity index (χ0) is 24.1. The van der Waals surface area contributed by atoms with Gasteiger partial charge in [-0.1, -0.05) is 26.3 Å². The lowest BCUT2D eigenvalue weighted by Gasteiger charge is -2.30. The number of unbranched alkanes of at least 4 members (excludes halogenated alkanes) is 1. The summed E-state index contributed by atoms with van der Waals surface area (Å²) < 4.78 is 54.6.